The van der Waals surface area contributed by atoms with Gasteiger partial charge in [-0.15, -0.1) is 0 Å². The average molecular weight is 352 g/mol. The summed E-state index contributed by atoms with van der Waals surface area (Å²) in [4.78, 5) is 0. The highest BCUT2D eigenvalue weighted by Gasteiger charge is 2.14. The van der Waals surface area contributed by atoms with E-state index in [-0.39, 0.29) is 11.8 Å². The van der Waals surface area contributed by atoms with E-state index in [0.717, 1.165) is 29.3 Å². The number of unbranched alkanes of at least 4 members (excludes halogenated alkanes) is 1. The van der Waals surface area contributed by atoms with Gasteiger partial charge >= 0.3 is 0 Å². The molecule has 0 unspecified atom stereocenters. The van der Waals surface area contributed by atoms with Crippen molar-refractivity contribution < 1.29 is 5.11 Å². The average Bonchev–Trinajstić information content (AvgIpc) is 2.23. The predicted molar refractivity (Wildman–Crippen MR) is 73.3 cm³/mol. The highest BCUT2D eigenvalue weighted by atomic mass is 79.9. The fourth-order valence-electron chi connectivity index (χ4n) is 1.53. The summed E-state index contributed by atoms with van der Waals surface area (Å²) in [6, 6.07) is 3.50. The summed E-state index contributed by atoms with van der Waals surface area (Å²) in [6.45, 7) is 0.681. The number of aromatic hydroxyl groups is 1. The maximum atomic E-state index is 9.88. The van der Waals surface area contributed by atoms with Crippen molar-refractivity contribution in [2.75, 3.05) is 6.54 Å². The van der Waals surface area contributed by atoms with Crippen LogP contribution in [-0.2, 0) is 0 Å². The van der Waals surface area contributed by atoms with Crippen molar-refractivity contribution in [2.45, 2.75) is 25.3 Å². The standard InChI is InChI=1S/C11H16Br2N2O/c12-7-5-8(11(16)9(13)6-7)10(15)3-1-2-4-14/h5-6,10,16H,1-4,14-15H2/t10-/m1/s1. The molecule has 1 aromatic carbocycles. The van der Waals surface area contributed by atoms with Crippen molar-refractivity contribution >= 4 is 31.9 Å². The topological polar surface area (TPSA) is 72.3 Å². The Morgan fingerprint density at radius 3 is 2.56 bits per heavy atom. The number of phenolic OH excluding ortho intramolecular Hbond substituents is 1. The molecule has 0 bridgehead atoms. The Balaban J connectivity index is 2.78. The molecule has 5 heteroatoms. The van der Waals surface area contributed by atoms with Gasteiger partial charge in [-0.3, -0.25) is 0 Å². The molecule has 5 N–H and O–H groups in total. The molecule has 3 nitrogen and oxygen atoms in total. The van der Waals surface area contributed by atoms with Gasteiger partial charge in [-0.25, -0.2) is 0 Å². The minimum atomic E-state index is -0.152. The van der Waals surface area contributed by atoms with Crippen LogP contribution in [0.5, 0.6) is 5.75 Å². The van der Waals surface area contributed by atoms with Crippen molar-refractivity contribution in [2.24, 2.45) is 11.5 Å². The van der Waals surface area contributed by atoms with E-state index in [9.17, 15) is 5.11 Å². The lowest BCUT2D eigenvalue weighted by molar-refractivity contribution is 0.452. The van der Waals surface area contributed by atoms with Gasteiger partial charge in [-0.1, -0.05) is 22.4 Å². The van der Waals surface area contributed by atoms with Crippen LogP contribution in [0.2, 0.25) is 0 Å². The second kappa shape index (κ2) is 6.59. The third-order valence-corrected chi connectivity index (χ3v) is 3.49. The monoisotopic (exact) mass is 350 g/mol. The Bertz CT molecular complexity index is 358. The first-order chi connectivity index (χ1) is 7.56. The molecule has 0 aromatic heterocycles. The van der Waals surface area contributed by atoms with Gasteiger partial charge in [0.15, 0.2) is 0 Å². The van der Waals surface area contributed by atoms with Crippen LogP contribution in [0.3, 0.4) is 0 Å². The van der Waals surface area contributed by atoms with E-state index in [2.05, 4.69) is 31.9 Å². The van der Waals surface area contributed by atoms with E-state index >= 15 is 0 Å². The fraction of sp³-hybridized carbons (Fsp3) is 0.455. The van der Waals surface area contributed by atoms with E-state index in [1.54, 1.807) is 6.07 Å². The minimum absolute atomic E-state index is 0.152. The van der Waals surface area contributed by atoms with Crippen molar-refractivity contribution in [1.82, 2.24) is 0 Å². The third-order valence-electron chi connectivity index (χ3n) is 2.43. The van der Waals surface area contributed by atoms with Crippen LogP contribution < -0.4 is 11.5 Å². The molecule has 0 aliphatic heterocycles. The minimum Gasteiger partial charge on any atom is -0.506 e. The molecule has 1 rings (SSSR count). The van der Waals surface area contributed by atoms with Gasteiger partial charge in [0.05, 0.1) is 4.47 Å². The molecular weight excluding hydrogens is 336 g/mol. The maximum absolute atomic E-state index is 9.88. The van der Waals surface area contributed by atoms with E-state index in [1.807, 2.05) is 6.07 Å². The normalized spacial score (nSPS) is 12.8. The summed E-state index contributed by atoms with van der Waals surface area (Å²) in [5, 5.41) is 9.88. The molecule has 90 valence electrons. The summed E-state index contributed by atoms with van der Waals surface area (Å²) < 4.78 is 1.56. The van der Waals surface area contributed by atoms with Gasteiger partial charge in [0.2, 0.25) is 0 Å². The van der Waals surface area contributed by atoms with Crippen LogP contribution in [-0.4, -0.2) is 11.7 Å². The van der Waals surface area contributed by atoms with E-state index < -0.39 is 0 Å². The molecule has 16 heavy (non-hydrogen) atoms. The second-order valence-electron chi connectivity index (χ2n) is 3.72. The summed E-state index contributed by atoms with van der Waals surface area (Å²) in [6.07, 6.45) is 2.76. The number of halogens is 2. The molecule has 0 aliphatic carbocycles. The summed E-state index contributed by atoms with van der Waals surface area (Å²) in [5.41, 5.74) is 12.2. The van der Waals surface area contributed by atoms with Gasteiger partial charge in [-0.05, 0) is 47.4 Å². The fourth-order valence-corrected chi connectivity index (χ4v) is 2.79. The quantitative estimate of drug-likeness (QED) is 0.714. The molecule has 0 amide bonds. The lowest BCUT2D eigenvalue weighted by Crippen LogP contribution is -2.11. The van der Waals surface area contributed by atoms with Crippen LogP contribution in [0.1, 0.15) is 30.9 Å². The third kappa shape index (κ3) is 3.73. The summed E-state index contributed by atoms with van der Waals surface area (Å²) >= 11 is 6.67. The number of nitrogens with two attached hydrogens (primary N) is 2. The van der Waals surface area contributed by atoms with Crippen LogP contribution in [0, 0.1) is 0 Å². The maximum Gasteiger partial charge on any atom is 0.134 e. The SMILES string of the molecule is NCCCC[C@@H](N)c1cc(Br)cc(Br)c1O. The molecule has 0 radical (unpaired) electrons. The van der Waals surface area contributed by atoms with Crippen LogP contribution in [0.25, 0.3) is 0 Å². The summed E-state index contributed by atoms with van der Waals surface area (Å²) in [5.74, 6) is 0.225. The predicted octanol–water partition coefficient (Wildman–Crippen LogP) is 3.05. The molecule has 0 saturated heterocycles. The molecule has 1 aromatic rings. The van der Waals surface area contributed by atoms with Crippen molar-refractivity contribution in [1.29, 1.82) is 0 Å². The number of hydrogen-bond acceptors (Lipinski definition) is 3. The first kappa shape index (κ1) is 14.0. The first-order valence-electron chi connectivity index (χ1n) is 5.19. The highest BCUT2D eigenvalue weighted by Crippen LogP contribution is 2.35. The first-order valence-corrected chi connectivity index (χ1v) is 6.78. The molecule has 1 atom stereocenters. The van der Waals surface area contributed by atoms with Crippen molar-refractivity contribution in [3.05, 3.63) is 26.6 Å². The van der Waals surface area contributed by atoms with Gasteiger partial charge < -0.3 is 16.6 Å². The Hall–Kier alpha value is -0.100. The lowest BCUT2D eigenvalue weighted by Gasteiger charge is -2.15. The Kier molecular flexibility index (Phi) is 5.75. The van der Waals surface area contributed by atoms with Crippen molar-refractivity contribution in [3.8, 4) is 5.75 Å². The Labute approximate surface area is 112 Å². The highest BCUT2D eigenvalue weighted by molar-refractivity contribution is 9.11. The lowest BCUT2D eigenvalue weighted by atomic mass is 10.0. The molecule has 0 aliphatic rings. The number of phenols is 1. The molecular formula is C11H16Br2N2O. The van der Waals surface area contributed by atoms with Crippen LogP contribution >= 0.6 is 31.9 Å². The molecule has 0 spiro atoms. The number of hydrogen-bond donors (Lipinski definition) is 3. The number of rotatable bonds is 5. The van der Waals surface area contributed by atoms with Crippen molar-refractivity contribution in [3.63, 3.8) is 0 Å². The second-order valence-corrected chi connectivity index (χ2v) is 5.49. The zero-order valence-corrected chi connectivity index (χ0v) is 12.1. The summed E-state index contributed by atoms with van der Waals surface area (Å²) in [7, 11) is 0. The molecule has 0 saturated carbocycles. The van der Waals surface area contributed by atoms with Gasteiger partial charge in [-0.2, -0.15) is 0 Å². The smallest absolute Gasteiger partial charge is 0.134 e. The largest absolute Gasteiger partial charge is 0.506 e. The Morgan fingerprint density at radius 2 is 1.94 bits per heavy atom. The van der Waals surface area contributed by atoms with Crippen LogP contribution in [0.4, 0.5) is 0 Å². The van der Waals surface area contributed by atoms with Crippen LogP contribution in [0.15, 0.2) is 21.1 Å². The Morgan fingerprint density at radius 1 is 1.25 bits per heavy atom. The number of benzene rings is 1. The zero-order chi connectivity index (χ0) is 12.1. The van der Waals surface area contributed by atoms with Gasteiger partial charge in [0.1, 0.15) is 5.75 Å². The van der Waals surface area contributed by atoms with E-state index in [0.29, 0.717) is 11.0 Å². The van der Waals surface area contributed by atoms with Gasteiger partial charge in [0, 0.05) is 16.1 Å². The molecule has 0 fully saturated rings. The van der Waals surface area contributed by atoms with E-state index in [4.69, 9.17) is 11.5 Å². The molecule has 0 heterocycles. The zero-order valence-electron chi connectivity index (χ0n) is 8.92. The van der Waals surface area contributed by atoms with Gasteiger partial charge in [0.25, 0.3) is 0 Å². The van der Waals surface area contributed by atoms with E-state index in [1.165, 1.54) is 0 Å².